The zero-order chi connectivity index (χ0) is 13.2. The van der Waals surface area contributed by atoms with Crippen LogP contribution >= 0.6 is 0 Å². The minimum Gasteiger partial charge on any atom is -0.339 e. The summed E-state index contributed by atoms with van der Waals surface area (Å²) in [4.78, 5) is 12.3. The first-order valence-electron chi connectivity index (χ1n) is 6.32. The van der Waals surface area contributed by atoms with E-state index in [0.29, 0.717) is 5.92 Å². The van der Waals surface area contributed by atoms with E-state index in [1.54, 1.807) is 0 Å². The second kappa shape index (κ2) is 4.81. The molecule has 1 unspecified atom stereocenters. The Morgan fingerprint density at radius 3 is 2.50 bits per heavy atom. The lowest BCUT2D eigenvalue weighted by Crippen LogP contribution is -2.45. The van der Waals surface area contributed by atoms with Gasteiger partial charge in [-0.1, -0.05) is 30.3 Å². The molecule has 0 bridgehead atoms. The first-order valence-corrected chi connectivity index (χ1v) is 6.32. The van der Waals surface area contributed by atoms with Crippen LogP contribution < -0.4 is 5.32 Å². The van der Waals surface area contributed by atoms with Crippen molar-refractivity contribution in [3.8, 4) is 6.07 Å². The van der Waals surface area contributed by atoms with Crippen LogP contribution in [0.25, 0.3) is 0 Å². The molecule has 0 radical (unpaired) electrons. The summed E-state index contributed by atoms with van der Waals surface area (Å²) in [7, 11) is 0. The number of nitrogens with zero attached hydrogens (tertiary/aromatic N) is 1. The molecule has 1 fully saturated rings. The molecule has 0 saturated heterocycles. The average molecular weight is 242 g/mol. The molecule has 18 heavy (non-hydrogen) atoms. The Hall–Kier alpha value is -1.82. The highest BCUT2D eigenvalue weighted by atomic mass is 16.2. The zero-order valence-electron chi connectivity index (χ0n) is 10.8. The second-order valence-corrected chi connectivity index (χ2v) is 5.41. The zero-order valence-corrected chi connectivity index (χ0v) is 10.8. The van der Waals surface area contributed by atoms with Crippen LogP contribution in [0.15, 0.2) is 30.3 Å². The Morgan fingerprint density at radius 2 is 2.00 bits per heavy atom. The number of hydrogen-bond donors (Lipinski definition) is 1. The molecule has 1 aliphatic carbocycles. The molecule has 0 aromatic heterocycles. The highest BCUT2D eigenvalue weighted by molar-refractivity contribution is 5.87. The maximum atomic E-state index is 12.3. The topological polar surface area (TPSA) is 52.9 Å². The summed E-state index contributed by atoms with van der Waals surface area (Å²) in [5.74, 6) is 0.276. The largest absolute Gasteiger partial charge is 0.339 e. The van der Waals surface area contributed by atoms with Crippen molar-refractivity contribution in [2.45, 2.75) is 38.1 Å². The minimum atomic E-state index is -0.606. The molecule has 1 N–H and O–H groups in total. The molecule has 0 spiro atoms. The van der Waals surface area contributed by atoms with Crippen molar-refractivity contribution >= 4 is 5.91 Å². The molecule has 1 aromatic carbocycles. The van der Waals surface area contributed by atoms with Crippen molar-refractivity contribution in [3.63, 3.8) is 0 Å². The summed E-state index contributed by atoms with van der Waals surface area (Å²) in [6, 6.07) is 11.5. The summed E-state index contributed by atoms with van der Waals surface area (Å²) >= 11 is 0. The predicted octanol–water partition coefficient (Wildman–Crippen LogP) is 2.38. The fourth-order valence-electron chi connectivity index (χ4n) is 1.99. The summed E-state index contributed by atoms with van der Waals surface area (Å²) < 4.78 is 0. The molecule has 3 heteroatoms. The summed E-state index contributed by atoms with van der Waals surface area (Å²) in [5, 5.41) is 11.9. The Labute approximate surface area is 108 Å². The Kier molecular flexibility index (Phi) is 3.38. The molecular weight excluding hydrogens is 224 g/mol. The SMILES string of the molecule is CC(C)(C(=O)NC(C#N)C1CC1)c1ccccc1. The molecule has 1 atom stereocenters. The van der Waals surface area contributed by atoms with Crippen molar-refractivity contribution in [1.29, 1.82) is 5.26 Å². The first-order chi connectivity index (χ1) is 8.55. The van der Waals surface area contributed by atoms with Crippen LogP contribution in [0.2, 0.25) is 0 Å². The van der Waals surface area contributed by atoms with Crippen molar-refractivity contribution in [1.82, 2.24) is 5.32 Å². The van der Waals surface area contributed by atoms with E-state index in [0.717, 1.165) is 18.4 Å². The van der Waals surface area contributed by atoms with E-state index < -0.39 is 5.41 Å². The first kappa shape index (κ1) is 12.6. The number of benzene rings is 1. The lowest BCUT2D eigenvalue weighted by Gasteiger charge is -2.25. The van der Waals surface area contributed by atoms with Crippen LogP contribution in [0.3, 0.4) is 0 Å². The molecule has 0 heterocycles. The van der Waals surface area contributed by atoms with Gasteiger partial charge in [-0.05, 0) is 38.2 Å². The number of carbonyl (C=O) groups excluding carboxylic acids is 1. The maximum Gasteiger partial charge on any atom is 0.231 e. The summed E-state index contributed by atoms with van der Waals surface area (Å²) in [6.45, 7) is 3.78. The predicted molar refractivity (Wildman–Crippen MR) is 69.7 cm³/mol. The molecule has 0 aliphatic heterocycles. The van der Waals surface area contributed by atoms with Gasteiger partial charge in [0.1, 0.15) is 6.04 Å². The lowest BCUT2D eigenvalue weighted by atomic mass is 9.83. The van der Waals surface area contributed by atoms with Crippen molar-refractivity contribution in [2.75, 3.05) is 0 Å². The van der Waals surface area contributed by atoms with Gasteiger partial charge in [0.25, 0.3) is 0 Å². The minimum absolute atomic E-state index is 0.0767. The van der Waals surface area contributed by atoms with Crippen molar-refractivity contribution < 1.29 is 4.79 Å². The number of rotatable bonds is 4. The lowest BCUT2D eigenvalue weighted by molar-refractivity contribution is -0.126. The maximum absolute atomic E-state index is 12.3. The Balaban J connectivity index is 2.10. The van der Waals surface area contributed by atoms with Crippen molar-refractivity contribution in [3.05, 3.63) is 35.9 Å². The van der Waals surface area contributed by atoms with E-state index in [1.165, 1.54) is 0 Å². The number of carbonyl (C=O) groups is 1. The monoisotopic (exact) mass is 242 g/mol. The highest BCUT2D eigenvalue weighted by Crippen LogP contribution is 2.33. The number of hydrogen-bond acceptors (Lipinski definition) is 2. The van der Waals surface area contributed by atoms with Gasteiger partial charge >= 0.3 is 0 Å². The summed E-state index contributed by atoms with van der Waals surface area (Å²) in [6.07, 6.45) is 2.09. The van der Waals surface area contributed by atoms with E-state index in [9.17, 15) is 4.79 Å². The quantitative estimate of drug-likeness (QED) is 0.881. The molecule has 3 nitrogen and oxygen atoms in total. The van der Waals surface area contributed by atoms with Gasteiger partial charge in [0.2, 0.25) is 5.91 Å². The Bertz CT molecular complexity index is 469. The van der Waals surface area contributed by atoms with Gasteiger partial charge in [-0.25, -0.2) is 0 Å². The van der Waals surface area contributed by atoms with Crippen LogP contribution in [0, 0.1) is 17.2 Å². The van der Waals surface area contributed by atoms with Crippen LogP contribution in [0.4, 0.5) is 0 Å². The fourth-order valence-corrected chi connectivity index (χ4v) is 1.99. The molecule has 1 saturated carbocycles. The number of amides is 1. The molecule has 1 amide bonds. The van der Waals surface area contributed by atoms with Crippen LogP contribution in [0.1, 0.15) is 32.3 Å². The van der Waals surface area contributed by atoms with Gasteiger partial charge in [-0.15, -0.1) is 0 Å². The number of nitriles is 1. The third-order valence-corrected chi connectivity index (χ3v) is 3.58. The number of nitrogens with one attached hydrogen (secondary N) is 1. The van der Waals surface area contributed by atoms with E-state index >= 15 is 0 Å². The highest BCUT2D eigenvalue weighted by Gasteiger charge is 2.36. The molecular formula is C15H18N2O. The van der Waals surface area contributed by atoms with Gasteiger partial charge < -0.3 is 5.32 Å². The molecule has 94 valence electrons. The van der Waals surface area contributed by atoms with E-state index in [-0.39, 0.29) is 11.9 Å². The van der Waals surface area contributed by atoms with Gasteiger partial charge in [0.05, 0.1) is 11.5 Å². The van der Waals surface area contributed by atoms with Gasteiger partial charge in [-0.3, -0.25) is 4.79 Å². The smallest absolute Gasteiger partial charge is 0.231 e. The third kappa shape index (κ3) is 2.53. The van der Waals surface area contributed by atoms with Crippen LogP contribution in [-0.4, -0.2) is 11.9 Å². The van der Waals surface area contributed by atoms with E-state index in [2.05, 4.69) is 11.4 Å². The Morgan fingerprint density at radius 1 is 1.39 bits per heavy atom. The van der Waals surface area contributed by atoms with Gasteiger partial charge in [0, 0.05) is 0 Å². The molecule has 2 rings (SSSR count). The fraction of sp³-hybridized carbons (Fsp3) is 0.467. The van der Waals surface area contributed by atoms with Crippen LogP contribution in [-0.2, 0) is 10.2 Å². The van der Waals surface area contributed by atoms with Crippen LogP contribution in [0.5, 0.6) is 0 Å². The average Bonchev–Trinajstić information content (AvgIpc) is 3.21. The second-order valence-electron chi connectivity index (χ2n) is 5.41. The normalized spacial score (nSPS) is 16.7. The third-order valence-electron chi connectivity index (χ3n) is 3.58. The molecule has 1 aliphatic rings. The molecule has 1 aromatic rings. The van der Waals surface area contributed by atoms with E-state index in [1.807, 2.05) is 44.2 Å². The van der Waals surface area contributed by atoms with Gasteiger partial charge in [0.15, 0.2) is 0 Å². The van der Waals surface area contributed by atoms with Gasteiger partial charge in [-0.2, -0.15) is 5.26 Å². The standard InChI is InChI=1S/C15H18N2O/c1-15(2,12-6-4-3-5-7-12)14(18)17-13(10-16)11-8-9-11/h3-7,11,13H,8-9H2,1-2H3,(H,17,18). The van der Waals surface area contributed by atoms with E-state index in [4.69, 9.17) is 5.26 Å². The summed E-state index contributed by atoms with van der Waals surface area (Å²) in [5.41, 5.74) is 0.362. The van der Waals surface area contributed by atoms with Crippen molar-refractivity contribution in [2.24, 2.45) is 5.92 Å².